The summed E-state index contributed by atoms with van der Waals surface area (Å²) in [5.41, 5.74) is 1.27. The van der Waals surface area contributed by atoms with Crippen LogP contribution < -0.4 is 5.32 Å². The molecule has 0 aliphatic rings. The van der Waals surface area contributed by atoms with Gasteiger partial charge in [-0.3, -0.25) is 0 Å². The Morgan fingerprint density at radius 1 is 1.25 bits per heavy atom. The summed E-state index contributed by atoms with van der Waals surface area (Å²) in [6, 6.07) is 8.80. The van der Waals surface area contributed by atoms with E-state index < -0.39 is 0 Å². The highest BCUT2D eigenvalue weighted by Gasteiger charge is 2.05. The van der Waals surface area contributed by atoms with Gasteiger partial charge in [-0.05, 0) is 43.9 Å². The van der Waals surface area contributed by atoms with Crippen molar-refractivity contribution in [3.63, 3.8) is 0 Å². The third-order valence-electron chi connectivity index (χ3n) is 2.94. The van der Waals surface area contributed by atoms with Gasteiger partial charge in [-0.2, -0.15) is 0 Å². The van der Waals surface area contributed by atoms with Crippen molar-refractivity contribution in [1.82, 2.24) is 5.32 Å². The number of hydrogen-bond acceptors (Lipinski definition) is 1. The van der Waals surface area contributed by atoms with Crippen LogP contribution >= 0.6 is 11.6 Å². The highest BCUT2D eigenvalue weighted by atomic mass is 35.5. The van der Waals surface area contributed by atoms with Crippen LogP contribution in [0.1, 0.15) is 38.7 Å². The molecule has 1 nitrogen and oxygen atoms in total. The van der Waals surface area contributed by atoms with Crippen LogP contribution in [0.5, 0.6) is 0 Å². The van der Waals surface area contributed by atoms with Crippen LogP contribution in [0.2, 0.25) is 5.02 Å². The summed E-state index contributed by atoms with van der Waals surface area (Å²) < 4.78 is 0. The normalized spacial score (nSPS) is 12.7. The van der Waals surface area contributed by atoms with E-state index in [0.29, 0.717) is 6.04 Å². The van der Waals surface area contributed by atoms with Gasteiger partial charge in [0, 0.05) is 11.1 Å². The maximum Gasteiger partial charge on any atom is 0.0437 e. The van der Waals surface area contributed by atoms with E-state index in [9.17, 15) is 0 Å². The fraction of sp³-hybridized carbons (Fsp3) is 0.571. The average molecular weight is 240 g/mol. The molecule has 0 radical (unpaired) electrons. The van der Waals surface area contributed by atoms with Crippen LogP contribution in [-0.2, 0) is 6.42 Å². The molecule has 0 aliphatic heterocycles. The largest absolute Gasteiger partial charge is 0.314 e. The second-order valence-corrected chi connectivity index (χ2v) is 4.55. The maximum atomic E-state index is 6.12. The van der Waals surface area contributed by atoms with Crippen LogP contribution in [-0.4, -0.2) is 12.6 Å². The number of aryl methyl sites for hydroxylation is 1. The molecule has 0 spiro atoms. The van der Waals surface area contributed by atoms with Gasteiger partial charge in [0.05, 0.1) is 0 Å². The van der Waals surface area contributed by atoms with Crippen molar-refractivity contribution in [2.24, 2.45) is 0 Å². The van der Waals surface area contributed by atoms with E-state index in [1.807, 2.05) is 12.1 Å². The lowest BCUT2D eigenvalue weighted by molar-refractivity contribution is 0.467. The van der Waals surface area contributed by atoms with E-state index in [0.717, 1.165) is 18.0 Å². The molecule has 0 amide bonds. The van der Waals surface area contributed by atoms with Crippen LogP contribution in [0.25, 0.3) is 0 Å². The molecule has 0 heterocycles. The Kier molecular flexibility index (Phi) is 6.51. The first-order valence-corrected chi connectivity index (χ1v) is 6.62. The van der Waals surface area contributed by atoms with Gasteiger partial charge in [-0.25, -0.2) is 0 Å². The summed E-state index contributed by atoms with van der Waals surface area (Å²) >= 11 is 6.12. The predicted molar refractivity (Wildman–Crippen MR) is 72.1 cm³/mol. The molecule has 0 aromatic heterocycles. The minimum absolute atomic E-state index is 0.660. The van der Waals surface area contributed by atoms with Crippen molar-refractivity contribution in [3.05, 3.63) is 34.9 Å². The molecular weight excluding hydrogens is 218 g/mol. The summed E-state index contributed by atoms with van der Waals surface area (Å²) in [7, 11) is 0. The molecule has 1 rings (SSSR count). The molecule has 0 bridgehead atoms. The van der Waals surface area contributed by atoms with Gasteiger partial charge in [0.15, 0.2) is 0 Å². The molecule has 1 aromatic rings. The first-order chi connectivity index (χ1) is 7.77. The third-order valence-corrected chi connectivity index (χ3v) is 3.31. The lowest BCUT2D eigenvalue weighted by Gasteiger charge is -2.15. The molecule has 1 unspecified atom stereocenters. The summed E-state index contributed by atoms with van der Waals surface area (Å²) in [6.07, 6.45) is 4.72. The van der Waals surface area contributed by atoms with Gasteiger partial charge in [-0.15, -0.1) is 0 Å². The first kappa shape index (κ1) is 13.5. The molecule has 1 N–H and O–H groups in total. The van der Waals surface area contributed by atoms with E-state index in [2.05, 4.69) is 31.3 Å². The Bertz CT molecular complexity index is 299. The fourth-order valence-electron chi connectivity index (χ4n) is 1.98. The van der Waals surface area contributed by atoms with Gasteiger partial charge in [0.1, 0.15) is 0 Å². The lowest BCUT2D eigenvalue weighted by atomic mass is 10.0. The van der Waals surface area contributed by atoms with Crippen molar-refractivity contribution >= 4 is 11.6 Å². The Balaban J connectivity index is 2.32. The highest BCUT2D eigenvalue weighted by Crippen LogP contribution is 2.17. The first-order valence-electron chi connectivity index (χ1n) is 6.24. The Morgan fingerprint density at radius 3 is 2.62 bits per heavy atom. The van der Waals surface area contributed by atoms with Crippen LogP contribution in [0, 0.1) is 0 Å². The molecule has 0 fully saturated rings. The summed E-state index contributed by atoms with van der Waals surface area (Å²) in [4.78, 5) is 0. The van der Waals surface area contributed by atoms with E-state index >= 15 is 0 Å². The summed E-state index contributed by atoms with van der Waals surface area (Å²) in [6.45, 7) is 5.46. The fourth-order valence-corrected chi connectivity index (χ4v) is 2.21. The zero-order valence-electron chi connectivity index (χ0n) is 10.3. The molecular formula is C14H22ClN. The van der Waals surface area contributed by atoms with Crippen LogP contribution in [0.3, 0.4) is 0 Å². The topological polar surface area (TPSA) is 12.0 Å². The van der Waals surface area contributed by atoms with Crippen LogP contribution in [0.4, 0.5) is 0 Å². The average Bonchev–Trinajstić information content (AvgIpc) is 2.30. The number of benzene rings is 1. The zero-order valence-corrected chi connectivity index (χ0v) is 11.1. The second kappa shape index (κ2) is 7.70. The van der Waals surface area contributed by atoms with Crippen molar-refractivity contribution < 1.29 is 0 Å². The van der Waals surface area contributed by atoms with E-state index in [4.69, 9.17) is 11.6 Å². The molecule has 2 heteroatoms. The minimum Gasteiger partial charge on any atom is -0.314 e. The minimum atomic E-state index is 0.660. The van der Waals surface area contributed by atoms with Gasteiger partial charge < -0.3 is 5.32 Å². The second-order valence-electron chi connectivity index (χ2n) is 4.15. The van der Waals surface area contributed by atoms with Crippen molar-refractivity contribution in [1.29, 1.82) is 0 Å². The third kappa shape index (κ3) is 4.54. The molecule has 0 saturated heterocycles. The van der Waals surface area contributed by atoms with Gasteiger partial charge in [-0.1, -0.05) is 43.6 Å². The predicted octanol–water partition coefficient (Wildman–Crippen LogP) is 4.05. The molecule has 0 aliphatic carbocycles. The van der Waals surface area contributed by atoms with Gasteiger partial charge >= 0.3 is 0 Å². The number of nitrogens with one attached hydrogen (secondary N) is 1. The Labute approximate surface area is 104 Å². The molecule has 16 heavy (non-hydrogen) atoms. The number of rotatable bonds is 7. The number of hydrogen-bond donors (Lipinski definition) is 1. The quantitative estimate of drug-likeness (QED) is 0.757. The van der Waals surface area contributed by atoms with E-state index in [1.165, 1.54) is 24.8 Å². The molecule has 0 saturated carbocycles. The SMILES string of the molecule is CCNC(CC)CCCc1ccccc1Cl. The molecule has 1 aromatic carbocycles. The zero-order chi connectivity index (χ0) is 11.8. The van der Waals surface area contributed by atoms with Crippen molar-refractivity contribution in [2.45, 2.75) is 45.6 Å². The maximum absolute atomic E-state index is 6.12. The van der Waals surface area contributed by atoms with Crippen LogP contribution in [0.15, 0.2) is 24.3 Å². The number of halogens is 1. The Morgan fingerprint density at radius 2 is 2.00 bits per heavy atom. The van der Waals surface area contributed by atoms with Crippen molar-refractivity contribution in [2.75, 3.05) is 6.54 Å². The Hall–Kier alpha value is -0.530. The standard InChI is InChI=1S/C14H22ClN/c1-3-13(16-4-2)10-7-9-12-8-5-6-11-14(12)15/h5-6,8,11,13,16H,3-4,7,9-10H2,1-2H3. The summed E-state index contributed by atoms with van der Waals surface area (Å²) in [5, 5.41) is 4.40. The van der Waals surface area contributed by atoms with E-state index in [1.54, 1.807) is 0 Å². The van der Waals surface area contributed by atoms with Gasteiger partial charge in [0.25, 0.3) is 0 Å². The highest BCUT2D eigenvalue weighted by molar-refractivity contribution is 6.31. The van der Waals surface area contributed by atoms with Gasteiger partial charge in [0.2, 0.25) is 0 Å². The van der Waals surface area contributed by atoms with Crippen molar-refractivity contribution in [3.8, 4) is 0 Å². The smallest absolute Gasteiger partial charge is 0.0437 e. The lowest BCUT2D eigenvalue weighted by Crippen LogP contribution is -2.28. The molecule has 1 atom stereocenters. The summed E-state index contributed by atoms with van der Waals surface area (Å²) in [5.74, 6) is 0. The molecule has 90 valence electrons. The monoisotopic (exact) mass is 239 g/mol. The van der Waals surface area contributed by atoms with E-state index in [-0.39, 0.29) is 0 Å².